The number of carbonyl (C=O) groups is 2. The largest absolute Gasteiger partial charge is 0.465 e. The van der Waals surface area contributed by atoms with Crippen LogP contribution in [0.2, 0.25) is 0 Å². The van der Waals surface area contributed by atoms with Gasteiger partial charge in [-0.3, -0.25) is 9.59 Å². The molecule has 0 saturated heterocycles. The van der Waals surface area contributed by atoms with Crippen LogP contribution < -0.4 is 0 Å². The monoisotopic (exact) mass is 637 g/mol. The van der Waals surface area contributed by atoms with Gasteiger partial charge in [-0.1, -0.05) is 98.8 Å². The van der Waals surface area contributed by atoms with Crippen LogP contribution in [0.3, 0.4) is 0 Å². The van der Waals surface area contributed by atoms with E-state index in [0.717, 1.165) is 38.7 Å². The van der Waals surface area contributed by atoms with Gasteiger partial charge in [0.1, 0.15) is 6.61 Å². The molecule has 0 amide bonds. The molecule has 0 aliphatic carbocycles. The number of hydrogen-bond acceptors (Lipinski definition) is 5. The summed E-state index contributed by atoms with van der Waals surface area (Å²) in [5.41, 5.74) is 0.232. The predicted octanol–water partition coefficient (Wildman–Crippen LogP) is 11.7. The molecule has 0 bridgehead atoms. The first-order valence-corrected chi connectivity index (χ1v) is 16.9. The van der Waals surface area contributed by atoms with Crippen LogP contribution >= 0.6 is 0 Å². The number of rotatable bonds is 11. The van der Waals surface area contributed by atoms with Gasteiger partial charge in [0.05, 0.1) is 29.6 Å². The third-order valence-electron chi connectivity index (χ3n) is 5.56. The van der Waals surface area contributed by atoms with Crippen LogP contribution in [0.15, 0.2) is 36.5 Å². The van der Waals surface area contributed by atoms with Gasteiger partial charge >= 0.3 is 11.9 Å². The molecule has 0 aliphatic heterocycles. The molecule has 0 radical (unpaired) electrons. The van der Waals surface area contributed by atoms with E-state index in [9.17, 15) is 9.59 Å². The first-order chi connectivity index (χ1) is 20.0. The summed E-state index contributed by atoms with van der Waals surface area (Å²) < 4.78 is 15.9. The molecular weight excluding hydrogens is 560 g/mol. The summed E-state index contributed by atoms with van der Waals surface area (Å²) in [5.74, 6) is -0.278. The van der Waals surface area contributed by atoms with Gasteiger partial charge in [-0.25, -0.2) is 0 Å². The lowest BCUT2D eigenvalue weighted by Crippen LogP contribution is -2.23. The zero-order valence-corrected chi connectivity index (χ0v) is 33.2. The summed E-state index contributed by atoms with van der Waals surface area (Å²) in [6.45, 7) is 39.0. The molecule has 0 spiro atoms. The molecule has 0 aromatic carbocycles. The standard InChI is InChI=1S/C14H26O2.C13H24O2.C13H26O/c1-13(2,3)10-8-7-9-11-16-12(15)14(4,5)6;1-12(2,3)9-7-8-10-15-11(14)13(4,5)6;1-12(2,3)10-8-7-9-11-14-13(4,5)6/h7-8H,9-11H2,1-6H3;7-8H,9-10H2,1-6H3;7-8H,9-11H2,1-6H3/b3*8-7+. The van der Waals surface area contributed by atoms with Gasteiger partial charge in [-0.05, 0) is 111 Å². The third-order valence-corrected chi connectivity index (χ3v) is 5.56. The van der Waals surface area contributed by atoms with Crippen molar-refractivity contribution in [1.29, 1.82) is 0 Å². The van der Waals surface area contributed by atoms with Crippen LogP contribution in [0, 0.1) is 27.1 Å². The normalized spacial score (nSPS) is 13.4. The SMILES string of the molecule is CC(C)(C)C/C=C/CCOC(=O)C(C)(C)C.CC(C)(C)C/C=C/CCOC(C)(C)C.CC(C)(C)C/C=C/COC(=O)C(C)(C)C. The van der Waals surface area contributed by atoms with Crippen molar-refractivity contribution in [2.24, 2.45) is 27.1 Å². The molecule has 0 aromatic heterocycles. The Balaban J connectivity index is -0.000000589. The summed E-state index contributed by atoms with van der Waals surface area (Å²) in [6.07, 6.45) is 17.7. The van der Waals surface area contributed by atoms with E-state index in [1.54, 1.807) is 0 Å². The molecular formula is C40H76O5. The summed E-state index contributed by atoms with van der Waals surface area (Å²) >= 11 is 0. The highest BCUT2D eigenvalue weighted by molar-refractivity contribution is 5.75. The Morgan fingerprint density at radius 2 is 0.778 bits per heavy atom. The summed E-state index contributed by atoms with van der Waals surface area (Å²) in [5, 5.41) is 0. The average molecular weight is 637 g/mol. The minimum absolute atomic E-state index is 0.00212. The fraction of sp³-hybridized carbons (Fsp3) is 0.800. The Labute approximate surface area is 281 Å². The zero-order valence-electron chi connectivity index (χ0n) is 33.2. The molecule has 0 unspecified atom stereocenters. The van der Waals surface area contributed by atoms with E-state index in [0.29, 0.717) is 29.5 Å². The lowest BCUT2D eigenvalue weighted by molar-refractivity contribution is -0.153. The Morgan fingerprint density at radius 3 is 1.11 bits per heavy atom. The van der Waals surface area contributed by atoms with Gasteiger partial charge in [-0.15, -0.1) is 0 Å². The van der Waals surface area contributed by atoms with Crippen LogP contribution in [0.25, 0.3) is 0 Å². The Morgan fingerprint density at radius 1 is 0.444 bits per heavy atom. The maximum atomic E-state index is 11.4. The molecule has 266 valence electrons. The maximum Gasteiger partial charge on any atom is 0.311 e. The van der Waals surface area contributed by atoms with Crippen LogP contribution in [0.1, 0.15) is 157 Å². The van der Waals surface area contributed by atoms with Crippen molar-refractivity contribution in [2.45, 2.75) is 162 Å². The Bertz CT molecular complexity index is 865. The molecule has 0 rings (SSSR count). The van der Waals surface area contributed by atoms with E-state index in [1.165, 1.54) is 0 Å². The van der Waals surface area contributed by atoms with Gasteiger partial charge < -0.3 is 14.2 Å². The highest BCUT2D eigenvalue weighted by atomic mass is 16.5. The van der Waals surface area contributed by atoms with Crippen LogP contribution in [0.4, 0.5) is 0 Å². The Hall–Kier alpha value is -1.88. The minimum Gasteiger partial charge on any atom is -0.465 e. The molecule has 5 heteroatoms. The Kier molecular flexibility index (Phi) is 23.1. The molecule has 5 nitrogen and oxygen atoms in total. The van der Waals surface area contributed by atoms with Gasteiger partial charge in [0, 0.05) is 0 Å². The first kappa shape index (κ1) is 47.5. The van der Waals surface area contributed by atoms with E-state index < -0.39 is 10.8 Å². The van der Waals surface area contributed by atoms with Crippen molar-refractivity contribution in [3.05, 3.63) is 36.5 Å². The lowest BCUT2D eigenvalue weighted by atomic mass is 9.92. The second-order valence-corrected chi connectivity index (χ2v) is 18.5. The smallest absolute Gasteiger partial charge is 0.311 e. The summed E-state index contributed by atoms with van der Waals surface area (Å²) in [7, 11) is 0. The summed E-state index contributed by atoms with van der Waals surface area (Å²) in [6, 6.07) is 0. The van der Waals surface area contributed by atoms with Crippen molar-refractivity contribution in [1.82, 2.24) is 0 Å². The van der Waals surface area contributed by atoms with Crippen molar-refractivity contribution < 1.29 is 23.8 Å². The number of esters is 2. The molecule has 0 heterocycles. The van der Waals surface area contributed by atoms with Gasteiger partial charge in [0.15, 0.2) is 0 Å². The van der Waals surface area contributed by atoms with Gasteiger partial charge in [0.2, 0.25) is 0 Å². The number of carbonyl (C=O) groups excluding carboxylic acids is 2. The minimum atomic E-state index is -0.405. The highest BCUT2D eigenvalue weighted by Crippen LogP contribution is 2.21. The summed E-state index contributed by atoms with van der Waals surface area (Å²) in [4.78, 5) is 22.8. The molecule has 45 heavy (non-hydrogen) atoms. The quantitative estimate of drug-likeness (QED) is 0.128. The number of hydrogen-bond donors (Lipinski definition) is 0. The molecule has 0 aliphatic rings. The van der Waals surface area contributed by atoms with Crippen LogP contribution in [-0.2, 0) is 23.8 Å². The third kappa shape index (κ3) is 42.1. The first-order valence-electron chi connectivity index (χ1n) is 16.9. The fourth-order valence-corrected chi connectivity index (χ4v) is 2.82. The van der Waals surface area contributed by atoms with Gasteiger partial charge in [-0.2, -0.15) is 0 Å². The lowest BCUT2D eigenvalue weighted by Gasteiger charge is -2.18. The molecule has 0 fully saturated rings. The van der Waals surface area contributed by atoms with Crippen LogP contribution in [0.5, 0.6) is 0 Å². The molecule has 0 aromatic rings. The van der Waals surface area contributed by atoms with E-state index in [2.05, 4.69) is 113 Å². The van der Waals surface area contributed by atoms with E-state index in [-0.39, 0.29) is 17.5 Å². The van der Waals surface area contributed by atoms with Crippen molar-refractivity contribution in [3.63, 3.8) is 0 Å². The van der Waals surface area contributed by atoms with Crippen molar-refractivity contribution >= 4 is 11.9 Å². The zero-order chi connectivity index (χ0) is 36.2. The van der Waals surface area contributed by atoms with E-state index in [4.69, 9.17) is 14.2 Å². The number of ether oxygens (including phenoxy) is 3. The second kappa shape index (κ2) is 21.8. The van der Waals surface area contributed by atoms with Crippen LogP contribution in [-0.4, -0.2) is 37.4 Å². The van der Waals surface area contributed by atoms with E-state index >= 15 is 0 Å². The molecule has 0 saturated carbocycles. The van der Waals surface area contributed by atoms with Crippen molar-refractivity contribution in [3.8, 4) is 0 Å². The van der Waals surface area contributed by atoms with Crippen molar-refractivity contribution in [2.75, 3.05) is 19.8 Å². The average Bonchev–Trinajstić information content (AvgIpc) is 2.80. The molecule has 0 N–H and O–H groups in total. The number of allylic oxidation sites excluding steroid dienone is 3. The molecule has 0 atom stereocenters. The second-order valence-electron chi connectivity index (χ2n) is 18.5. The fourth-order valence-electron chi connectivity index (χ4n) is 2.82. The highest BCUT2D eigenvalue weighted by Gasteiger charge is 2.23. The predicted molar refractivity (Wildman–Crippen MR) is 195 cm³/mol. The maximum absolute atomic E-state index is 11.4. The topological polar surface area (TPSA) is 61.8 Å². The van der Waals surface area contributed by atoms with Gasteiger partial charge in [0.25, 0.3) is 0 Å². The van der Waals surface area contributed by atoms with E-state index in [1.807, 2.05) is 47.6 Å².